The van der Waals surface area contributed by atoms with Crippen LogP contribution in [0.25, 0.3) is 0 Å². The molecule has 0 unspecified atom stereocenters. The zero-order valence-corrected chi connectivity index (χ0v) is 13.7. The Morgan fingerprint density at radius 2 is 1.14 bits per heavy atom. The lowest BCUT2D eigenvalue weighted by molar-refractivity contribution is 0.474. The first-order valence-electron chi connectivity index (χ1n) is 8.01. The quantitative estimate of drug-likeness (QED) is 0.631. The fourth-order valence-corrected chi connectivity index (χ4v) is 2.66. The van der Waals surface area contributed by atoms with Crippen molar-refractivity contribution in [1.82, 2.24) is 0 Å². The predicted molar refractivity (Wildman–Crippen MR) is 90.4 cm³/mol. The summed E-state index contributed by atoms with van der Waals surface area (Å²) < 4.78 is 6.11. The van der Waals surface area contributed by atoms with E-state index in [0.29, 0.717) is 0 Å². The molecule has 2 aromatic carbocycles. The van der Waals surface area contributed by atoms with E-state index in [2.05, 4.69) is 64.1 Å². The zero-order valence-electron chi connectivity index (χ0n) is 13.7. The Bertz CT molecular complexity index is 545. The topological polar surface area (TPSA) is 9.23 Å². The van der Waals surface area contributed by atoms with Gasteiger partial charge in [-0.2, -0.15) is 0 Å². The third-order valence-electron chi connectivity index (χ3n) is 3.78. The molecule has 21 heavy (non-hydrogen) atoms. The maximum atomic E-state index is 6.11. The zero-order chi connectivity index (χ0) is 15.2. The molecule has 1 nitrogen and oxygen atoms in total. The van der Waals surface area contributed by atoms with Gasteiger partial charge in [0.15, 0.2) is 0 Å². The number of aryl methyl sites for hydroxylation is 4. The Kier molecular flexibility index (Phi) is 5.44. The second-order valence-corrected chi connectivity index (χ2v) is 5.80. The number of hydrogen-bond acceptors (Lipinski definition) is 1. The summed E-state index contributed by atoms with van der Waals surface area (Å²) in [6.45, 7) is 8.66. The summed E-state index contributed by atoms with van der Waals surface area (Å²) in [5, 5.41) is 0. The Morgan fingerprint density at radius 1 is 0.714 bits per heavy atom. The van der Waals surface area contributed by atoms with Crippen molar-refractivity contribution in [2.45, 2.75) is 53.4 Å². The Labute approximate surface area is 129 Å². The molecule has 0 heterocycles. The van der Waals surface area contributed by atoms with Gasteiger partial charge in [-0.05, 0) is 61.1 Å². The van der Waals surface area contributed by atoms with Gasteiger partial charge in [-0.25, -0.2) is 0 Å². The summed E-state index contributed by atoms with van der Waals surface area (Å²) in [6, 6.07) is 13.0. The fraction of sp³-hybridized carbons (Fsp3) is 0.400. The molecule has 0 amide bonds. The first-order chi connectivity index (χ1) is 10.1. The smallest absolute Gasteiger partial charge is 0.130 e. The van der Waals surface area contributed by atoms with Gasteiger partial charge in [0.05, 0.1) is 0 Å². The van der Waals surface area contributed by atoms with E-state index in [-0.39, 0.29) is 0 Å². The summed E-state index contributed by atoms with van der Waals surface area (Å²) >= 11 is 0. The van der Waals surface area contributed by atoms with Crippen molar-refractivity contribution in [3.05, 3.63) is 58.7 Å². The standard InChI is InChI=1S/C20H26O/c1-5-7-17-9-11-19(15(3)13-17)21-20-12-10-18(8-6-2)14-16(20)4/h9-14H,5-8H2,1-4H3. The Hall–Kier alpha value is -1.76. The van der Waals surface area contributed by atoms with Crippen molar-refractivity contribution < 1.29 is 4.74 Å². The van der Waals surface area contributed by atoms with Crippen LogP contribution in [-0.4, -0.2) is 0 Å². The van der Waals surface area contributed by atoms with E-state index in [1.54, 1.807) is 0 Å². The average molecular weight is 282 g/mol. The monoisotopic (exact) mass is 282 g/mol. The Morgan fingerprint density at radius 3 is 1.48 bits per heavy atom. The van der Waals surface area contributed by atoms with E-state index >= 15 is 0 Å². The van der Waals surface area contributed by atoms with Crippen LogP contribution < -0.4 is 4.74 Å². The molecule has 0 N–H and O–H groups in total. The third-order valence-corrected chi connectivity index (χ3v) is 3.78. The van der Waals surface area contributed by atoms with Gasteiger partial charge in [0.2, 0.25) is 0 Å². The maximum Gasteiger partial charge on any atom is 0.130 e. The van der Waals surface area contributed by atoms with Crippen LogP contribution in [0.15, 0.2) is 36.4 Å². The molecule has 0 radical (unpaired) electrons. The van der Waals surface area contributed by atoms with E-state index in [4.69, 9.17) is 4.74 Å². The highest BCUT2D eigenvalue weighted by Gasteiger charge is 2.06. The summed E-state index contributed by atoms with van der Waals surface area (Å²) in [6.07, 6.45) is 4.62. The molecule has 0 aliphatic carbocycles. The summed E-state index contributed by atoms with van der Waals surface area (Å²) in [4.78, 5) is 0. The van der Waals surface area contributed by atoms with E-state index < -0.39 is 0 Å². The highest BCUT2D eigenvalue weighted by molar-refractivity contribution is 5.43. The van der Waals surface area contributed by atoms with Crippen LogP contribution in [-0.2, 0) is 12.8 Å². The molecule has 0 atom stereocenters. The first-order valence-corrected chi connectivity index (χ1v) is 8.01. The van der Waals surface area contributed by atoms with Crippen LogP contribution in [0.4, 0.5) is 0 Å². The maximum absolute atomic E-state index is 6.11. The minimum absolute atomic E-state index is 0.959. The lowest BCUT2D eigenvalue weighted by Gasteiger charge is -2.13. The predicted octanol–water partition coefficient (Wildman–Crippen LogP) is 6.00. The molecule has 2 rings (SSSR count). The lowest BCUT2D eigenvalue weighted by atomic mass is 10.1. The molecule has 0 bridgehead atoms. The molecule has 0 aliphatic heterocycles. The van der Waals surface area contributed by atoms with Crippen LogP contribution in [0, 0.1) is 13.8 Å². The van der Waals surface area contributed by atoms with Crippen molar-refractivity contribution in [3.63, 3.8) is 0 Å². The van der Waals surface area contributed by atoms with E-state index in [1.165, 1.54) is 35.1 Å². The molecule has 0 aromatic heterocycles. The third kappa shape index (κ3) is 4.10. The largest absolute Gasteiger partial charge is 0.457 e. The van der Waals surface area contributed by atoms with E-state index in [9.17, 15) is 0 Å². The summed E-state index contributed by atoms with van der Waals surface area (Å²) in [7, 11) is 0. The molecule has 0 spiro atoms. The lowest BCUT2D eigenvalue weighted by Crippen LogP contribution is -1.93. The van der Waals surface area contributed by atoms with Gasteiger partial charge in [0, 0.05) is 0 Å². The number of hydrogen-bond donors (Lipinski definition) is 0. The normalized spacial score (nSPS) is 10.7. The molecular formula is C20H26O. The van der Waals surface area contributed by atoms with Gasteiger partial charge in [-0.1, -0.05) is 51.0 Å². The molecule has 2 aromatic rings. The number of benzene rings is 2. The van der Waals surface area contributed by atoms with Gasteiger partial charge < -0.3 is 4.74 Å². The highest BCUT2D eigenvalue weighted by atomic mass is 16.5. The number of rotatable bonds is 6. The van der Waals surface area contributed by atoms with Gasteiger partial charge in [-0.3, -0.25) is 0 Å². The van der Waals surface area contributed by atoms with Gasteiger partial charge >= 0.3 is 0 Å². The second kappa shape index (κ2) is 7.31. The van der Waals surface area contributed by atoms with Crippen molar-refractivity contribution >= 4 is 0 Å². The molecule has 1 heteroatoms. The highest BCUT2D eigenvalue weighted by Crippen LogP contribution is 2.29. The van der Waals surface area contributed by atoms with E-state index in [0.717, 1.165) is 24.3 Å². The Balaban J connectivity index is 2.18. The minimum atomic E-state index is 0.959. The van der Waals surface area contributed by atoms with Gasteiger partial charge in [0.25, 0.3) is 0 Å². The van der Waals surface area contributed by atoms with Crippen LogP contribution in [0.3, 0.4) is 0 Å². The second-order valence-electron chi connectivity index (χ2n) is 5.80. The van der Waals surface area contributed by atoms with Crippen LogP contribution >= 0.6 is 0 Å². The molecule has 0 saturated carbocycles. The van der Waals surface area contributed by atoms with Crippen molar-refractivity contribution in [2.75, 3.05) is 0 Å². The molecule has 0 aliphatic rings. The molecule has 0 fully saturated rings. The van der Waals surface area contributed by atoms with Crippen LogP contribution in [0.5, 0.6) is 11.5 Å². The van der Waals surface area contributed by atoms with Crippen molar-refractivity contribution in [2.24, 2.45) is 0 Å². The minimum Gasteiger partial charge on any atom is -0.457 e. The SMILES string of the molecule is CCCc1ccc(Oc2ccc(CCC)cc2C)c(C)c1. The molecule has 112 valence electrons. The van der Waals surface area contributed by atoms with Gasteiger partial charge in [-0.15, -0.1) is 0 Å². The van der Waals surface area contributed by atoms with Crippen molar-refractivity contribution in [1.29, 1.82) is 0 Å². The first kappa shape index (κ1) is 15.6. The fourth-order valence-electron chi connectivity index (χ4n) is 2.66. The molecule has 0 saturated heterocycles. The van der Waals surface area contributed by atoms with Crippen molar-refractivity contribution in [3.8, 4) is 11.5 Å². The van der Waals surface area contributed by atoms with E-state index in [1.807, 2.05) is 0 Å². The van der Waals surface area contributed by atoms with Crippen LogP contribution in [0.2, 0.25) is 0 Å². The van der Waals surface area contributed by atoms with Crippen LogP contribution in [0.1, 0.15) is 48.9 Å². The summed E-state index contributed by atoms with van der Waals surface area (Å²) in [5.41, 5.74) is 5.19. The molecular weight excluding hydrogens is 256 g/mol. The summed E-state index contributed by atoms with van der Waals surface area (Å²) in [5.74, 6) is 1.92. The average Bonchev–Trinajstić information content (AvgIpc) is 2.45. The number of ether oxygens (including phenoxy) is 1. The van der Waals surface area contributed by atoms with Gasteiger partial charge in [0.1, 0.15) is 11.5 Å².